The molecular weight excluding hydrogens is 250 g/mol. The third-order valence-electron chi connectivity index (χ3n) is 2.13. The number of nitrogen functional groups attached to an aromatic ring is 1. The number of nitrogens with zero attached hydrogens (tertiary/aromatic N) is 1. The van der Waals surface area contributed by atoms with Crippen molar-refractivity contribution in [1.29, 1.82) is 0 Å². The van der Waals surface area contributed by atoms with Crippen molar-refractivity contribution in [3.05, 3.63) is 36.7 Å². The molecule has 1 heterocycles. The Hall–Kier alpha value is -1.95. The molecular formula is C12H13N3O2S. The SMILES string of the molecule is Nc1cccc(NC(=O)CCSc2ncco2)c1. The second-order valence-electron chi connectivity index (χ2n) is 3.57. The highest BCUT2D eigenvalue weighted by Gasteiger charge is 2.04. The summed E-state index contributed by atoms with van der Waals surface area (Å²) in [6, 6.07) is 7.09. The molecule has 0 spiro atoms. The fourth-order valence-electron chi connectivity index (χ4n) is 1.35. The number of aromatic nitrogens is 1. The number of anilines is 2. The Morgan fingerprint density at radius 3 is 3.11 bits per heavy atom. The van der Waals surface area contributed by atoms with E-state index in [0.717, 1.165) is 0 Å². The number of nitrogens with one attached hydrogen (secondary N) is 1. The summed E-state index contributed by atoms with van der Waals surface area (Å²) < 4.78 is 5.05. The monoisotopic (exact) mass is 263 g/mol. The minimum atomic E-state index is -0.0559. The Labute approximate surface area is 109 Å². The molecule has 0 aliphatic carbocycles. The quantitative estimate of drug-likeness (QED) is 0.639. The first-order valence-corrected chi connectivity index (χ1v) is 6.40. The molecule has 0 unspecified atom stereocenters. The highest BCUT2D eigenvalue weighted by molar-refractivity contribution is 7.99. The molecule has 0 bridgehead atoms. The highest BCUT2D eigenvalue weighted by Crippen LogP contribution is 2.16. The van der Waals surface area contributed by atoms with Gasteiger partial charge in [0.05, 0.1) is 6.20 Å². The van der Waals surface area contributed by atoms with Crippen molar-refractivity contribution in [3.8, 4) is 0 Å². The van der Waals surface area contributed by atoms with E-state index in [1.165, 1.54) is 18.0 Å². The number of hydrogen-bond acceptors (Lipinski definition) is 5. The van der Waals surface area contributed by atoms with Crippen LogP contribution >= 0.6 is 11.8 Å². The number of nitrogens with two attached hydrogens (primary N) is 1. The summed E-state index contributed by atoms with van der Waals surface area (Å²) in [6.45, 7) is 0. The van der Waals surface area contributed by atoms with Gasteiger partial charge in [-0.2, -0.15) is 0 Å². The molecule has 0 fully saturated rings. The predicted octanol–water partition coefficient (Wildman–Crippen LogP) is 2.38. The zero-order valence-corrected chi connectivity index (χ0v) is 10.4. The fourth-order valence-corrected chi connectivity index (χ4v) is 2.07. The van der Waals surface area contributed by atoms with Crippen LogP contribution in [0.1, 0.15) is 6.42 Å². The van der Waals surface area contributed by atoms with Crippen molar-refractivity contribution in [3.63, 3.8) is 0 Å². The van der Waals surface area contributed by atoms with Gasteiger partial charge in [-0.15, -0.1) is 0 Å². The largest absolute Gasteiger partial charge is 0.440 e. The molecule has 18 heavy (non-hydrogen) atoms. The van der Waals surface area contributed by atoms with Gasteiger partial charge in [0.15, 0.2) is 0 Å². The number of rotatable bonds is 5. The highest BCUT2D eigenvalue weighted by atomic mass is 32.2. The Morgan fingerprint density at radius 1 is 1.50 bits per heavy atom. The maximum atomic E-state index is 11.6. The van der Waals surface area contributed by atoms with Gasteiger partial charge in [-0.3, -0.25) is 4.79 Å². The molecule has 0 saturated carbocycles. The Bertz CT molecular complexity index is 514. The van der Waals surface area contributed by atoms with E-state index in [2.05, 4.69) is 10.3 Å². The summed E-state index contributed by atoms with van der Waals surface area (Å²) in [5.74, 6) is 0.564. The Balaban J connectivity index is 1.75. The van der Waals surface area contributed by atoms with Crippen LogP contribution in [0.3, 0.4) is 0 Å². The van der Waals surface area contributed by atoms with Gasteiger partial charge in [0.25, 0.3) is 5.22 Å². The summed E-state index contributed by atoms with van der Waals surface area (Å²) in [7, 11) is 0. The molecule has 6 heteroatoms. The molecule has 0 aliphatic heterocycles. The molecule has 94 valence electrons. The first-order valence-electron chi connectivity index (χ1n) is 5.42. The number of carbonyl (C=O) groups is 1. The second kappa shape index (κ2) is 6.11. The lowest BCUT2D eigenvalue weighted by molar-refractivity contribution is -0.115. The van der Waals surface area contributed by atoms with Crippen molar-refractivity contribution in [1.82, 2.24) is 4.98 Å². The summed E-state index contributed by atoms with van der Waals surface area (Å²) in [5.41, 5.74) is 6.96. The standard InChI is InChI=1S/C12H13N3O2S/c13-9-2-1-3-10(8-9)15-11(16)4-7-18-12-14-5-6-17-12/h1-3,5-6,8H,4,7,13H2,(H,15,16). The lowest BCUT2D eigenvalue weighted by Gasteiger charge is -2.04. The van der Waals surface area contributed by atoms with Crippen LogP contribution in [0.5, 0.6) is 0 Å². The molecule has 3 N–H and O–H groups in total. The van der Waals surface area contributed by atoms with Crippen LogP contribution in [0.15, 0.2) is 46.4 Å². The normalized spacial score (nSPS) is 10.2. The second-order valence-corrected chi connectivity index (χ2v) is 4.62. The van der Waals surface area contributed by atoms with E-state index in [0.29, 0.717) is 28.8 Å². The number of oxazole rings is 1. The van der Waals surface area contributed by atoms with E-state index >= 15 is 0 Å². The van der Waals surface area contributed by atoms with Crippen LogP contribution < -0.4 is 11.1 Å². The zero-order chi connectivity index (χ0) is 12.8. The lowest BCUT2D eigenvalue weighted by Crippen LogP contribution is -2.12. The number of hydrogen-bond donors (Lipinski definition) is 2. The van der Waals surface area contributed by atoms with E-state index in [-0.39, 0.29) is 5.91 Å². The molecule has 0 saturated heterocycles. The average Bonchev–Trinajstić information content (AvgIpc) is 2.82. The van der Waals surface area contributed by atoms with Crippen molar-refractivity contribution in [2.45, 2.75) is 11.6 Å². The topological polar surface area (TPSA) is 81.1 Å². The Kier molecular flexibility index (Phi) is 4.25. The van der Waals surface area contributed by atoms with Crippen LogP contribution in [0.25, 0.3) is 0 Å². The Morgan fingerprint density at radius 2 is 2.39 bits per heavy atom. The maximum absolute atomic E-state index is 11.6. The fraction of sp³-hybridized carbons (Fsp3) is 0.167. The van der Waals surface area contributed by atoms with Crippen molar-refractivity contribution in [2.75, 3.05) is 16.8 Å². The molecule has 1 aromatic carbocycles. The smallest absolute Gasteiger partial charge is 0.255 e. The predicted molar refractivity (Wildman–Crippen MR) is 71.3 cm³/mol. The third-order valence-corrected chi connectivity index (χ3v) is 2.99. The van der Waals surface area contributed by atoms with Gasteiger partial charge >= 0.3 is 0 Å². The van der Waals surface area contributed by atoms with Crippen LogP contribution in [0.4, 0.5) is 11.4 Å². The van der Waals surface area contributed by atoms with E-state index in [9.17, 15) is 4.79 Å². The molecule has 1 aromatic heterocycles. The maximum Gasteiger partial charge on any atom is 0.255 e. The summed E-state index contributed by atoms with van der Waals surface area (Å²) >= 11 is 1.41. The molecule has 0 aliphatic rings. The van der Waals surface area contributed by atoms with E-state index in [1.807, 2.05) is 0 Å². The average molecular weight is 263 g/mol. The van der Waals surface area contributed by atoms with Gasteiger partial charge in [0.1, 0.15) is 6.26 Å². The number of carbonyl (C=O) groups excluding carboxylic acids is 1. The zero-order valence-electron chi connectivity index (χ0n) is 9.63. The van der Waals surface area contributed by atoms with Crippen LogP contribution in [-0.2, 0) is 4.79 Å². The summed E-state index contributed by atoms with van der Waals surface area (Å²) in [6.07, 6.45) is 3.48. The van der Waals surface area contributed by atoms with Gasteiger partial charge in [0, 0.05) is 23.5 Å². The number of amides is 1. The molecule has 2 rings (SSSR count). The van der Waals surface area contributed by atoms with E-state index < -0.39 is 0 Å². The minimum absolute atomic E-state index is 0.0559. The van der Waals surface area contributed by atoms with E-state index in [4.69, 9.17) is 10.2 Å². The lowest BCUT2D eigenvalue weighted by atomic mass is 10.3. The van der Waals surface area contributed by atoms with Crippen LogP contribution in [-0.4, -0.2) is 16.6 Å². The molecule has 5 nitrogen and oxygen atoms in total. The molecule has 1 amide bonds. The first-order chi connectivity index (χ1) is 8.74. The van der Waals surface area contributed by atoms with Gasteiger partial charge in [0.2, 0.25) is 5.91 Å². The van der Waals surface area contributed by atoms with Crippen molar-refractivity contribution in [2.24, 2.45) is 0 Å². The van der Waals surface area contributed by atoms with Crippen molar-refractivity contribution >= 4 is 29.0 Å². The first kappa shape index (κ1) is 12.5. The van der Waals surface area contributed by atoms with Gasteiger partial charge in [-0.1, -0.05) is 17.8 Å². The molecule has 0 atom stereocenters. The van der Waals surface area contributed by atoms with Crippen LogP contribution in [0.2, 0.25) is 0 Å². The number of benzene rings is 1. The van der Waals surface area contributed by atoms with Crippen molar-refractivity contribution < 1.29 is 9.21 Å². The molecule has 0 radical (unpaired) electrons. The van der Waals surface area contributed by atoms with Gasteiger partial charge < -0.3 is 15.5 Å². The third kappa shape index (κ3) is 3.81. The van der Waals surface area contributed by atoms with Crippen LogP contribution in [0, 0.1) is 0 Å². The summed E-state index contributed by atoms with van der Waals surface area (Å²) in [4.78, 5) is 15.6. The van der Waals surface area contributed by atoms with Gasteiger partial charge in [-0.25, -0.2) is 4.98 Å². The summed E-state index contributed by atoms with van der Waals surface area (Å²) in [5, 5.41) is 3.36. The van der Waals surface area contributed by atoms with Gasteiger partial charge in [-0.05, 0) is 18.2 Å². The molecule has 2 aromatic rings. The number of thioether (sulfide) groups is 1. The van der Waals surface area contributed by atoms with E-state index in [1.54, 1.807) is 30.5 Å². The minimum Gasteiger partial charge on any atom is -0.440 e.